The molecule has 11 heteroatoms. The van der Waals surface area contributed by atoms with Gasteiger partial charge >= 0.3 is 0 Å². The van der Waals surface area contributed by atoms with Crippen LogP contribution in [0.25, 0.3) is 22.6 Å². The van der Waals surface area contributed by atoms with Gasteiger partial charge < -0.3 is 25.2 Å². The smallest absolute Gasteiger partial charge is 0.222 e. The fraction of sp³-hybridized carbons (Fsp3) is 0.591. The van der Waals surface area contributed by atoms with E-state index in [2.05, 4.69) is 48.8 Å². The summed E-state index contributed by atoms with van der Waals surface area (Å²) in [7, 11) is 1.80. The van der Waals surface area contributed by atoms with E-state index in [9.17, 15) is 0 Å². The molecular weight excluding hydrogens is 420 g/mol. The highest BCUT2D eigenvalue weighted by atomic mass is 16.5. The number of morpholine rings is 1. The minimum Gasteiger partial charge on any atom is -0.378 e. The largest absolute Gasteiger partial charge is 0.378 e. The first-order chi connectivity index (χ1) is 16.1. The molecule has 0 saturated carbocycles. The van der Waals surface area contributed by atoms with Crippen LogP contribution in [0.15, 0.2) is 12.4 Å². The van der Waals surface area contributed by atoms with Gasteiger partial charge in [0.25, 0.3) is 0 Å². The molecule has 0 unspecified atom stereocenters. The summed E-state index contributed by atoms with van der Waals surface area (Å²) in [6.07, 6.45) is 3.53. The quantitative estimate of drug-likeness (QED) is 0.567. The van der Waals surface area contributed by atoms with Crippen molar-refractivity contribution in [2.45, 2.75) is 20.4 Å². The molecule has 5 heterocycles. The van der Waals surface area contributed by atoms with Gasteiger partial charge in [-0.15, -0.1) is 0 Å². The molecule has 2 fully saturated rings. The fourth-order valence-electron chi connectivity index (χ4n) is 4.31. The highest BCUT2D eigenvalue weighted by Crippen LogP contribution is 2.32. The van der Waals surface area contributed by atoms with Crippen LogP contribution in [0, 0.1) is 5.92 Å². The van der Waals surface area contributed by atoms with Gasteiger partial charge in [-0.3, -0.25) is 4.57 Å². The van der Waals surface area contributed by atoms with E-state index in [4.69, 9.17) is 19.7 Å². The summed E-state index contributed by atoms with van der Waals surface area (Å²) < 4.78 is 7.86. The number of rotatable bonds is 6. The Morgan fingerprint density at radius 1 is 1.00 bits per heavy atom. The molecule has 5 rings (SSSR count). The number of nitrogens with zero attached hydrogens (tertiary/aromatic N) is 8. The number of fused-ring (bicyclic) bond motifs is 1. The fourth-order valence-corrected chi connectivity index (χ4v) is 4.31. The Morgan fingerprint density at radius 3 is 2.39 bits per heavy atom. The summed E-state index contributed by atoms with van der Waals surface area (Å²) in [5.41, 5.74) is 2.50. The summed E-state index contributed by atoms with van der Waals surface area (Å²) in [4.78, 5) is 28.5. The van der Waals surface area contributed by atoms with Crippen LogP contribution in [0.4, 0.5) is 17.7 Å². The molecule has 2 aliphatic rings. The molecule has 3 aromatic heterocycles. The number of ether oxygens (including phenoxy) is 1. The van der Waals surface area contributed by atoms with E-state index in [1.165, 1.54) is 0 Å². The van der Waals surface area contributed by atoms with E-state index >= 15 is 0 Å². The molecule has 0 radical (unpaired) electrons. The standard InChI is InChI=1S/C22H32N10O/c1-15(2)14-32-20-17(27-22(32)31-6-4-24-5-7-31)19(30-8-10-33-11-9-30)28-18(29-20)16-12-25-21(23-3)26-13-16/h12-13,15,24H,4-11,14H2,1-3H3,(H,23,25,26). The lowest BCUT2D eigenvalue weighted by molar-refractivity contribution is 0.122. The second-order valence-electron chi connectivity index (χ2n) is 8.84. The first-order valence-electron chi connectivity index (χ1n) is 11.7. The molecule has 0 amide bonds. The summed E-state index contributed by atoms with van der Waals surface area (Å²) in [6, 6.07) is 0. The van der Waals surface area contributed by atoms with Crippen LogP contribution in [0.3, 0.4) is 0 Å². The zero-order valence-electron chi connectivity index (χ0n) is 19.6. The summed E-state index contributed by atoms with van der Waals surface area (Å²) in [6.45, 7) is 12.0. The molecule has 2 N–H and O–H groups in total. The molecule has 0 aromatic carbocycles. The maximum atomic E-state index is 5.60. The Balaban J connectivity index is 1.69. The average molecular weight is 453 g/mol. The SMILES string of the molecule is CNc1ncc(-c2nc(N3CCOCC3)c3nc(N4CCNCC4)n(CC(C)C)c3n2)cn1. The molecule has 0 spiro atoms. The van der Waals surface area contributed by atoms with Crippen LogP contribution in [0.1, 0.15) is 13.8 Å². The Bertz CT molecular complexity index is 1080. The third-order valence-electron chi connectivity index (χ3n) is 5.95. The van der Waals surface area contributed by atoms with Crippen molar-refractivity contribution in [3.05, 3.63) is 12.4 Å². The molecule has 2 saturated heterocycles. The van der Waals surface area contributed by atoms with Crippen molar-refractivity contribution in [2.24, 2.45) is 5.92 Å². The number of anilines is 3. The van der Waals surface area contributed by atoms with Crippen molar-refractivity contribution in [1.29, 1.82) is 0 Å². The maximum Gasteiger partial charge on any atom is 0.222 e. The van der Waals surface area contributed by atoms with Crippen LogP contribution in [-0.2, 0) is 11.3 Å². The zero-order valence-corrected chi connectivity index (χ0v) is 19.6. The number of hydrogen-bond donors (Lipinski definition) is 2. The molecule has 3 aromatic rings. The van der Waals surface area contributed by atoms with Crippen LogP contribution in [0.2, 0.25) is 0 Å². The lowest BCUT2D eigenvalue weighted by Crippen LogP contribution is -2.44. The number of piperazine rings is 1. The number of imidazole rings is 1. The number of aromatic nitrogens is 6. The Morgan fingerprint density at radius 2 is 1.73 bits per heavy atom. The van der Waals surface area contributed by atoms with Gasteiger partial charge in [0.2, 0.25) is 11.9 Å². The summed E-state index contributed by atoms with van der Waals surface area (Å²) in [5.74, 6) is 3.47. The highest BCUT2D eigenvalue weighted by molar-refractivity contribution is 5.88. The topological polar surface area (TPSA) is 109 Å². The average Bonchev–Trinajstić information content (AvgIpc) is 3.22. The van der Waals surface area contributed by atoms with E-state index in [-0.39, 0.29) is 0 Å². The molecule has 0 atom stereocenters. The first-order valence-corrected chi connectivity index (χ1v) is 11.7. The highest BCUT2D eigenvalue weighted by Gasteiger charge is 2.26. The second-order valence-corrected chi connectivity index (χ2v) is 8.84. The van der Waals surface area contributed by atoms with E-state index in [0.29, 0.717) is 30.9 Å². The summed E-state index contributed by atoms with van der Waals surface area (Å²) >= 11 is 0. The predicted molar refractivity (Wildman–Crippen MR) is 129 cm³/mol. The Kier molecular flexibility index (Phi) is 6.23. The Labute approximate surface area is 193 Å². The molecule has 11 nitrogen and oxygen atoms in total. The van der Waals surface area contributed by atoms with Gasteiger partial charge in [0.15, 0.2) is 22.8 Å². The lowest BCUT2D eigenvalue weighted by Gasteiger charge is -2.29. The van der Waals surface area contributed by atoms with Crippen LogP contribution >= 0.6 is 0 Å². The van der Waals surface area contributed by atoms with Crippen molar-refractivity contribution in [3.63, 3.8) is 0 Å². The van der Waals surface area contributed by atoms with Crippen molar-refractivity contribution in [1.82, 2.24) is 34.8 Å². The summed E-state index contributed by atoms with van der Waals surface area (Å²) in [5, 5.41) is 6.39. The molecule has 0 aliphatic carbocycles. The van der Waals surface area contributed by atoms with Gasteiger partial charge in [-0.2, -0.15) is 0 Å². The lowest BCUT2D eigenvalue weighted by atomic mass is 10.2. The molecule has 2 aliphatic heterocycles. The van der Waals surface area contributed by atoms with E-state index in [1.54, 1.807) is 19.4 Å². The normalized spacial score (nSPS) is 17.2. The Hall–Kier alpha value is -3.05. The van der Waals surface area contributed by atoms with Gasteiger partial charge in [0.05, 0.1) is 18.8 Å². The van der Waals surface area contributed by atoms with Crippen LogP contribution < -0.4 is 20.4 Å². The minimum atomic E-state index is 0.451. The van der Waals surface area contributed by atoms with E-state index in [0.717, 1.165) is 74.3 Å². The third-order valence-corrected chi connectivity index (χ3v) is 5.95. The molecule has 176 valence electrons. The number of hydrogen-bond acceptors (Lipinski definition) is 10. The molecule has 33 heavy (non-hydrogen) atoms. The maximum absolute atomic E-state index is 5.60. The van der Waals surface area contributed by atoms with Crippen molar-refractivity contribution < 1.29 is 4.74 Å². The number of nitrogens with one attached hydrogen (secondary N) is 2. The van der Waals surface area contributed by atoms with Crippen LogP contribution in [-0.4, -0.2) is 89.0 Å². The predicted octanol–water partition coefficient (Wildman–Crippen LogP) is 1.23. The van der Waals surface area contributed by atoms with Gasteiger partial charge in [-0.05, 0) is 5.92 Å². The molecular formula is C22H32N10O. The van der Waals surface area contributed by atoms with Gasteiger partial charge in [-0.25, -0.2) is 24.9 Å². The minimum absolute atomic E-state index is 0.451. The third kappa shape index (κ3) is 4.42. The van der Waals surface area contributed by atoms with Gasteiger partial charge in [-0.1, -0.05) is 13.8 Å². The van der Waals surface area contributed by atoms with E-state index < -0.39 is 0 Å². The van der Waals surface area contributed by atoms with Crippen molar-refractivity contribution >= 4 is 28.9 Å². The monoisotopic (exact) mass is 452 g/mol. The van der Waals surface area contributed by atoms with Crippen molar-refractivity contribution in [3.8, 4) is 11.4 Å². The van der Waals surface area contributed by atoms with E-state index in [1.807, 2.05) is 0 Å². The molecule has 0 bridgehead atoms. The van der Waals surface area contributed by atoms with Gasteiger partial charge in [0.1, 0.15) is 0 Å². The van der Waals surface area contributed by atoms with Crippen LogP contribution in [0.5, 0.6) is 0 Å². The van der Waals surface area contributed by atoms with Crippen molar-refractivity contribution in [2.75, 3.05) is 74.6 Å². The second kappa shape index (κ2) is 9.44. The zero-order chi connectivity index (χ0) is 22.8. The first kappa shape index (κ1) is 21.8. The van der Waals surface area contributed by atoms with Gasteiger partial charge in [0, 0.05) is 65.3 Å².